The van der Waals surface area contributed by atoms with Gasteiger partial charge in [0.2, 0.25) is 0 Å². The van der Waals surface area contributed by atoms with Gasteiger partial charge < -0.3 is 15.0 Å². The minimum atomic E-state index is -0.681. The van der Waals surface area contributed by atoms with Crippen LogP contribution in [0, 0.1) is 5.82 Å². The molecule has 0 bridgehead atoms. The van der Waals surface area contributed by atoms with Crippen LogP contribution >= 0.6 is 0 Å². The zero-order valence-electron chi connectivity index (χ0n) is 25.0. The van der Waals surface area contributed by atoms with E-state index in [-0.39, 0.29) is 30.5 Å². The first-order valence-corrected chi connectivity index (χ1v) is 14.5. The molecule has 8 nitrogen and oxygen atoms in total. The van der Waals surface area contributed by atoms with E-state index in [9.17, 15) is 18.8 Å². The number of nitrogens with one attached hydrogen (secondary N) is 1. The Morgan fingerprint density at radius 3 is 2.48 bits per heavy atom. The standard InChI is InChI=1S/C33H41FN4O4/c1-6-16-38-27(22-36-17-9-18-37(20-19-36)30(39)24-10-8-11-26(34)21-24)28(31(40)42-7-2)29(35-32(38)41)23-12-14-25(15-13-23)33(3,4)5/h6,8,10-15,21,29H,1,7,9,16-20,22H2,2-5H3,(H,35,41). The molecule has 0 radical (unpaired) electrons. The second kappa shape index (κ2) is 13.3. The third-order valence-corrected chi connectivity index (χ3v) is 7.68. The first kappa shape index (κ1) is 31.0. The summed E-state index contributed by atoms with van der Waals surface area (Å²) in [6.07, 6.45) is 2.32. The lowest BCUT2D eigenvalue weighted by atomic mass is 9.85. The number of rotatable bonds is 8. The maximum Gasteiger partial charge on any atom is 0.338 e. The average Bonchev–Trinajstić information content (AvgIpc) is 3.19. The highest BCUT2D eigenvalue weighted by molar-refractivity contribution is 5.95. The van der Waals surface area contributed by atoms with Gasteiger partial charge >= 0.3 is 12.0 Å². The number of esters is 1. The van der Waals surface area contributed by atoms with Crippen LogP contribution in [-0.4, -0.2) is 78.5 Å². The summed E-state index contributed by atoms with van der Waals surface area (Å²) in [5.41, 5.74) is 3.16. The summed E-state index contributed by atoms with van der Waals surface area (Å²) in [4.78, 5) is 45.5. The highest BCUT2D eigenvalue weighted by Gasteiger charge is 2.38. The van der Waals surface area contributed by atoms with Crippen molar-refractivity contribution in [2.75, 3.05) is 45.9 Å². The van der Waals surface area contributed by atoms with E-state index in [0.717, 1.165) is 11.1 Å². The fourth-order valence-electron chi connectivity index (χ4n) is 5.42. The predicted molar refractivity (Wildman–Crippen MR) is 160 cm³/mol. The van der Waals surface area contributed by atoms with E-state index in [2.05, 4.69) is 37.6 Å². The van der Waals surface area contributed by atoms with E-state index < -0.39 is 17.8 Å². The molecule has 1 saturated heterocycles. The first-order chi connectivity index (χ1) is 20.0. The van der Waals surface area contributed by atoms with Crippen LogP contribution in [0.4, 0.5) is 9.18 Å². The summed E-state index contributed by atoms with van der Waals surface area (Å²) < 4.78 is 19.3. The SMILES string of the molecule is C=CCN1C(=O)NC(c2ccc(C(C)(C)C)cc2)C(C(=O)OCC)=C1CN1CCCN(C(=O)c2cccc(F)c2)CC1. The Hall–Kier alpha value is -3.98. The predicted octanol–water partition coefficient (Wildman–Crippen LogP) is 5.04. The first-order valence-electron chi connectivity index (χ1n) is 14.5. The van der Waals surface area contributed by atoms with Crippen molar-refractivity contribution in [2.24, 2.45) is 0 Å². The third kappa shape index (κ3) is 7.07. The molecule has 0 aromatic heterocycles. The van der Waals surface area contributed by atoms with Crippen LogP contribution in [0.25, 0.3) is 0 Å². The van der Waals surface area contributed by atoms with E-state index in [1.807, 2.05) is 24.3 Å². The molecule has 1 atom stereocenters. The number of hydrogen-bond acceptors (Lipinski definition) is 5. The Labute approximate surface area is 247 Å². The molecule has 4 rings (SSSR count). The van der Waals surface area contributed by atoms with Gasteiger partial charge in [0, 0.05) is 50.5 Å². The Bertz CT molecular complexity index is 1350. The smallest absolute Gasteiger partial charge is 0.338 e. The molecular weight excluding hydrogens is 535 g/mol. The Morgan fingerprint density at radius 1 is 1.10 bits per heavy atom. The van der Waals surface area contributed by atoms with Crippen LogP contribution in [-0.2, 0) is 14.9 Å². The van der Waals surface area contributed by atoms with E-state index in [4.69, 9.17) is 4.74 Å². The van der Waals surface area contributed by atoms with Gasteiger partial charge in [-0.25, -0.2) is 14.0 Å². The summed E-state index contributed by atoms with van der Waals surface area (Å²) in [7, 11) is 0. The van der Waals surface area contributed by atoms with Crippen LogP contribution in [0.2, 0.25) is 0 Å². The number of urea groups is 1. The molecule has 2 aromatic rings. The van der Waals surface area contributed by atoms with Gasteiger partial charge in [-0.15, -0.1) is 6.58 Å². The third-order valence-electron chi connectivity index (χ3n) is 7.68. The number of ether oxygens (including phenoxy) is 1. The summed E-state index contributed by atoms with van der Waals surface area (Å²) in [5.74, 6) is -1.15. The minimum absolute atomic E-state index is 0.0449. The molecule has 1 N–H and O–H groups in total. The fourth-order valence-corrected chi connectivity index (χ4v) is 5.42. The van der Waals surface area contributed by atoms with Crippen LogP contribution in [0.3, 0.4) is 0 Å². The summed E-state index contributed by atoms with van der Waals surface area (Å²) >= 11 is 0. The van der Waals surface area contributed by atoms with Crippen molar-refractivity contribution in [3.63, 3.8) is 0 Å². The van der Waals surface area contributed by atoms with Crippen molar-refractivity contribution in [2.45, 2.75) is 45.6 Å². The average molecular weight is 577 g/mol. The number of carbonyl (C=O) groups is 3. The Morgan fingerprint density at radius 2 is 1.83 bits per heavy atom. The zero-order valence-corrected chi connectivity index (χ0v) is 25.0. The van der Waals surface area contributed by atoms with Gasteiger partial charge in [0.25, 0.3) is 5.91 Å². The van der Waals surface area contributed by atoms with Crippen molar-refractivity contribution in [3.8, 4) is 0 Å². The van der Waals surface area contributed by atoms with Crippen LogP contribution in [0.15, 0.2) is 72.5 Å². The molecule has 1 unspecified atom stereocenters. The summed E-state index contributed by atoms with van der Waals surface area (Å²) in [6, 6.07) is 12.7. The molecule has 2 aliphatic rings. The monoisotopic (exact) mass is 576 g/mol. The molecule has 224 valence electrons. The number of carbonyl (C=O) groups excluding carboxylic acids is 3. The zero-order chi connectivity index (χ0) is 30.4. The molecular formula is C33H41FN4O4. The lowest BCUT2D eigenvalue weighted by Gasteiger charge is -2.38. The maximum atomic E-state index is 13.7. The van der Waals surface area contributed by atoms with Crippen molar-refractivity contribution >= 4 is 17.9 Å². The number of nitrogens with zero attached hydrogens (tertiary/aromatic N) is 3. The van der Waals surface area contributed by atoms with Crippen molar-refractivity contribution in [3.05, 3.63) is 95.0 Å². The molecule has 3 amide bonds. The van der Waals surface area contributed by atoms with E-state index >= 15 is 0 Å². The molecule has 0 spiro atoms. The number of hydrogen-bond donors (Lipinski definition) is 1. The van der Waals surface area contributed by atoms with Gasteiger partial charge in [-0.05, 0) is 48.1 Å². The molecule has 0 aliphatic carbocycles. The molecule has 2 heterocycles. The van der Waals surface area contributed by atoms with Crippen LogP contribution < -0.4 is 5.32 Å². The topological polar surface area (TPSA) is 82.2 Å². The molecule has 2 aliphatic heterocycles. The van der Waals surface area contributed by atoms with E-state index in [0.29, 0.717) is 56.0 Å². The number of halogens is 1. The highest BCUT2D eigenvalue weighted by Crippen LogP contribution is 2.33. The van der Waals surface area contributed by atoms with Gasteiger partial charge in [0.1, 0.15) is 5.82 Å². The molecule has 0 saturated carbocycles. The van der Waals surface area contributed by atoms with E-state index in [1.165, 1.54) is 18.2 Å². The number of amides is 3. The van der Waals surface area contributed by atoms with Gasteiger partial charge in [0.05, 0.1) is 18.2 Å². The quantitative estimate of drug-likeness (QED) is 0.352. The minimum Gasteiger partial charge on any atom is -0.463 e. The van der Waals surface area contributed by atoms with Crippen molar-refractivity contribution < 1.29 is 23.5 Å². The lowest BCUT2D eigenvalue weighted by molar-refractivity contribution is -0.139. The fraction of sp³-hybridized carbons (Fsp3) is 0.424. The Kier molecular flexibility index (Phi) is 9.83. The largest absolute Gasteiger partial charge is 0.463 e. The van der Waals surface area contributed by atoms with Crippen molar-refractivity contribution in [1.29, 1.82) is 0 Å². The molecule has 2 aromatic carbocycles. The van der Waals surface area contributed by atoms with E-state index in [1.54, 1.807) is 28.9 Å². The van der Waals surface area contributed by atoms with Gasteiger partial charge in [-0.2, -0.15) is 0 Å². The van der Waals surface area contributed by atoms with Crippen LogP contribution in [0.5, 0.6) is 0 Å². The van der Waals surface area contributed by atoms with Gasteiger partial charge in [0.15, 0.2) is 0 Å². The van der Waals surface area contributed by atoms with Gasteiger partial charge in [-0.1, -0.05) is 57.2 Å². The second-order valence-electron chi connectivity index (χ2n) is 11.7. The second-order valence-corrected chi connectivity index (χ2v) is 11.7. The molecule has 1 fully saturated rings. The summed E-state index contributed by atoms with van der Waals surface area (Å²) in [6.45, 7) is 14.8. The van der Waals surface area contributed by atoms with Crippen LogP contribution in [0.1, 0.15) is 61.6 Å². The van der Waals surface area contributed by atoms with Crippen molar-refractivity contribution in [1.82, 2.24) is 20.0 Å². The lowest BCUT2D eigenvalue weighted by Crippen LogP contribution is -2.51. The maximum absolute atomic E-state index is 13.7. The highest BCUT2D eigenvalue weighted by atomic mass is 19.1. The number of benzene rings is 2. The normalized spacial score (nSPS) is 18.4. The summed E-state index contributed by atoms with van der Waals surface area (Å²) in [5, 5.41) is 3.02. The molecule has 9 heteroatoms. The molecule has 42 heavy (non-hydrogen) atoms. The van der Waals surface area contributed by atoms with Gasteiger partial charge in [-0.3, -0.25) is 14.6 Å². The Balaban J connectivity index is 1.66.